The molecule has 3 aromatic carbocycles. The van der Waals surface area contributed by atoms with Gasteiger partial charge in [0.05, 0.1) is 12.8 Å². The van der Waals surface area contributed by atoms with Gasteiger partial charge in [0.2, 0.25) is 0 Å². The van der Waals surface area contributed by atoms with Gasteiger partial charge in [-0.2, -0.15) is 0 Å². The van der Waals surface area contributed by atoms with Gasteiger partial charge in [-0.05, 0) is 81.2 Å². The number of fused-ring (bicyclic) bond motifs is 2. The molecule has 5 nitrogen and oxygen atoms in total. The average molecular weight is 492 g/mol. The summed E-state index contributed by atoms with van der Waals surface area (Å²) in [5, 5.41) is 2.63. The SMILES string of the molecule is COc1ccc2c(c1)C1(CCN(Cc3cc(C)cc(C)c3)CC1)CN2C(=O)Nc1ccc(F)cc1F. The van der Waals surface area contributed by atoms with E-state index in [4.69, 9.17) is 4.74 Å². The van der Waals surface area contributed by atoms with E-state index in [-0.39, 0.29) is 11.1 Å². The molecule has 0 unspecified atom stereocenters. The Morgan fingerprint density at radius 2 is 1.72 bits per heavy atom. The number of carbonyl (C=O) groups excluding carboxylic acids is 1. The van der Waals surface area contributed by atoms with Gasteiger partial charge in [-0.15, -0.1) is 0 Å². The number of nitrogens with zero attached hydrogens (tertiary/aromatic N) is 2. The lowest BCUT2D eigenvalue weighted by molar-refractivity contribution is 0.160. The number of anilines is 2. The number of hydrogen-bond donors (Lipinski definition) is 1. The molecule has 7 heteroatoms. The van der Waals surface area contributed by atoms with Crippen molar-refractivity contribution >= 4 is 17.4 Å². The standard InChI is InChI=1S/C29H31F2N3O2/c1-19-12-20(2)14-21(13-19)17-33-10-8-29(9-11-33)18-34(27-7-5-23(36-3)16-24(27)29)28(35)32-26-6-4-22(30)15-25(26)31/h4-7,12-16H,8-11,17-18H2,1-3H3,(H,32,35). The van der Waals surface area contributed by atoms with Gasteiger partial charge in [0.1, 0.15) is 17.4 Å². The molecule has 0 radical (unpaired) electrons. The van der Waals surface area contributed by atoms with E-state index < -0.39 is 17.7 Å². The van der Waals surface area contributed by atoms with Crippen molar-refractivity contribution in [2.45, 2.75) is 38.6 Å². The maximum Gasteiger partial charge on any atom is 0.326 e. The first kappa shape index (κ1) is 24.3. The van der Waals surface area contributed by atoms with E-state index in [1.165, 1.54) is 22.8 Å². The zero-order valence-electron chi connectivity index (χ0n) is 20.9. The highest BCUT2D eigenvalue weighted by Crippen LogP contribution is 2.48. The van der Waals surface area contributed by atoms with Crippen molar-refractivity contribution in [3.05, 3.63) is 88.5 Å². The van der Waals surface area contributed by atoms with Crippen molar-refractivity contribution in [2.24, 2.45) is 0 Å². The number of ether oxygens (including phenoxy) is 1. The summed E-state index contributed by atoms with van der Waals surface area (Å²) >= 11 is 0. The fourth-order valence-electron chi connectivity index (χ4n) is 5.72. The summed E-state index contributed by atoms with van der Waals surface area (Å²) in [6.45, 7) is 7.47. The van der Waals surface area contributed by atoms with Crippen LogP contribution in [0.15, 0.2) is 54.6 Å². The molecule has 3 aromatic rings. The molecule has 5 rings (SSSR count). The van der Waals surface area contributed by atoms with Gasteiger partial charge in [0.25, 0.3) is 0 Å². The summed E-state index contributed by atoms with van der Waals surface area (Å²) in [7, 11) is 1.64. The first-order valence-electron chi connectivity index (χ1n) is 12.3. The Balaban J connectivity index is 1.36. The summed E-state index contributed by atoms with van der Waals surface area (Å²) in [5.41, 5.74) is 5.51. The zero-order chi connectivity index (χ0) is 25.4. The van der Waals surface area contributed by atoms with Gasteiger partial charge >= 0.3 is 6.03 Å². The third-order valence-corrected chi connectivity index (χ3v) is 7.45. The molecule has 0 bridgehead atoms. The molecule has 0 aliphatic carbocycles. The molecule has 1 spiro atoms. The number of methoxy groups -OCH3 is 1. The molecule has 0 saturated carbocycles. The monoisotopic (exact) mass is 491 g/mol. The van der Waals surface area contributed by atoms with Crippen LogP contribution in [0.5, 0.6) is 5.75 Å². The molecule has 1 fully saturated rings. The number of carbonyl (C=O) groups is 1. The van der Waals surface area contributed by atoms with Crippen LogP contribution < -0.4 is 15.0 Å². The summed E-state index contributed by atoms with van der Waals surface area (Å²) in [6, 6.07) is 15.2. The second-order valence-electron chi connectivity index (χ2n) is 10.1. The van der Waals surface area contributed by atoms with Crippen LogP contribution in [0.4, 0.5) is 25.0 Å². The van der Waals surface area contributed by atoms with E-state index in [2.05, 4.69) is 42.3 Å². The van der Waals surface area contributed by atoms with Crippen LogP contribution in [0.1, 0.15) is 35.1 Å². The number of piperidine rings is 1. The average Bonchev–Trinajstić information content (AvgIpc) is 3.15. The number of nitrogens with one attached hydrogen (secondary N) is 1. The Hall–Kier alpha value is -3.45. The summed E-state index contributed by atoms with van der Waals surface area (Å²) < 4.78 is 33.0. The summed E-state index contributed by atoms with van der Waals surface area (Å²) in [6.07, 6.45) is 1.79. The lowest BCUT2D eigenvalue weighted by Crippen LogP contribution is -2.46. The van der Waals surface area contributed by atoms with Crippen molar-refractivity contribution in [1.82, 2.24) is 4.90 Å². The first-order chi connectivity index (χ1) is 17.3. The molecular formula is C29H31F2N3O2. The molecule has 2 aliphatic rings. The zero-order valence-corrected chi connectivity index (χ0v) is 20.9. The Kier molecular flexibility index (Phi) is 6.43. The van der Waals surface area contributed by atoms with E-state index in [0.29, 0.717) is 6.54 Å². The van der Waals surface area contributed by atoms with Crippen molar-refractivity contribution in [2.75, 3.05) is 37.0 Å². The lowest BCUT2D eigenvalue weighted by Gasteiger charge is -2.40. The number of urea groups is 1. The second kappa shape index (κ2) is 9.54. The number of amides is 2. The van der Waals surface area contributed by atoms with Crippen LogP contribution in [0.3, 0.4) is 0 Å². The van der Waals surface area contributed by atoms with Crippen molar-refractivity contribution in [3.8, 4) is 5.75 Å². The van der Waals surface area contributed by atoms with Crippen LogP contribution >= 0.6 is 0 Å². The van der Waals surface area contributed by atoms with E-state index >= 15 is 0 Å². The number of benzene rings is 3. The maximum absolute atomic E-state index is 14.2. The minimum Gasteiger partial charge on any atom is -0.497 e. The highest BCUT2D eigenvalue weighted by molar-refractivity contribution is 6.03. The van der Waals surface area contributed by atoms with Gasteiger partial charge in [-0.3, -0.25) is 9.80 Å². The van der Waals surface area contributed by atoms with E-state index in [1.807, 2.05) is 18.2 Å². The Morgan fingerprint density at radius 3 is 2.39 bits per heavy atom. The van der Waals surface area contributed by atoms with Crippen molar-refractivity contribution in [3.63, 3.8) is 0 Å². The second-order valence-corrected chi connectivity index (χ2v) is 10.1. The van der Waals surface area contributed by atoms with Gasteiger partial charge in [-0.25, -0.2) is 13.6 Å². The third kappa shape index (κ3) is 4.67. The van der Waals surface area contributed by atoms with Crippen LogP contribution in [0.25, 0.3) is 0 Å². The Bertz CT molecular complexity index is 1280. The van der Waals surface area contributed by atoms with Crippen LogP contribution in [-0.2, 0) is 12.0 Å². The normalized spacial score (nSPS) is 16.8. The predicted molar refractivity (Wildman–Crippen MR) is 138 cm³/mol. The van der Waals surface area contributed by atoms with Crippen molar-refractivity contribution in [1.29, 1.82) is 0 Å². The largest absolute Gasteiger partial charge is 0.497 e. The first-order valence-corrected chi connectivity index (χ1v) is 12.3. The van der Waals surface area contributed by atoms with Crippen molar-refractivity contribution < 1.29 is 18.3 Å². The molecule has 2 amide bonds. The number of likely N-dealkylation sites (tertiary alicyclic amines) is 1. The number of hydrogen-bond acceptors (Lipinski definition) is 3. The topological polar surface area (TPSA) is 44.8 Å². The summed E-state index contributed by atoms with van der Waals surface area (Å²) in [5.74, 6) is -0.736. The number of halogens is 2. The van der Waals surface area contributed by atoms with Crippen LogP contribution in [0.2, 0.25) is 0 Å². The third-order valence-electron chi connectivity index (χ3n) is 7.45. The minimum absolute atomic E-state index is 0.0410. The van der Waals surface area contributed by atoms with E-state index in [9.17, 15) is 13.6 Å². The number of aryl methyl sites for hydroxylation is 2. The molecule has 1 saturated heterocycles. The number of rotatable bonds is 4. The molecule has 36 heavy (non-hydrogen) atoms. The van der Waals surface area contributed by atoms with Gasteiger partial charge in [0.15, 0.2) is 0 Å². The van der Waals surface area contributed by atoms with E-state index in [0.717, 1.165) is 61.6 Å². The highest BCUT2D eigenvalue weighted by Gasteiger charge is 2.46. The van der Waals surface area contributed by atoms with Gasteiger partial charge < -0.3 is 10.1 Å². The smallest absolute Gasteiger partial charge is 0.326 e. The fourth-order valence-corrected chi connectivity index (χ4v) is 5.72. The van der Waals surface area contributed by atoms with Gasteiger partial charge in [-0.1, -0.05) is 29.3 Å². The molecule has 2 aliphatic heterocycles. The fraction of sp³-hybridized carbons (Fsp3) is 0.345. The quantitative estimate of drug-likeness (QED) is 0.474. The lowest BCUT2D eigenvalue weighted by atomic mass is 9.74. The summed E-state index contributed by atoms with van der Waals surface area (Å²) in [4.78, 5) is 17.4. The Labute approximate surface area is 210 Å². The highest BCUT2D eigenvalue weighted by atomic mass is 19.1. The molecular weight excluding hydrogens is 460 g/mol. The van der Waals surface area contributed by atoms with Crippen LogP contribution in [0, 0.1) is 25.5 Å². The molecule has 0 atom stereocenters. The molecule has 0 aromatic heterocycles. The maximum atomic E-state index is 14.2. The molecule has 1 N–H and O–H groups in total. The minimum atomic E-state index is -0.799. The van der Waals surface area contributed by atoms with E-state index in [1.54, 1.807) is 12.0 Å². The Morgan fingerprint density at radius 1 is 1.00 bits per heavy atom. The molecule has 188 valence electrons. The van der Waals surface area contributed by atoms with Gasteiger partial charge in [0, 0.05) is 30.3 Å². The molecule has 2 heterocycles. The van der Waals surface area contributed by atoms with Crippen LogP contribution in [-0.4, -0.2) is 37.7 Å². The predicted octanol–water partition coefficient (Wildman–Crippen LogP) is 6.18.